The molecule has 0 saturated carbocycles. The fourth-order valence-corrected chi connectivity index (χ4v) is 2.42. The Kier molecular flexibility index (Phi) is 4.06. The fraction of sp³-hybridized carbons (Fsp3) is 0.353. The van der Waals surface area contributed by atoms with Crippen molar-refractivity contribution in [3.63, 3.8) is 0 Å². The van der Waals surface area contributed by atoms with Gasteiger partial charge in [0.05, 0.1) is 12.2 Å². The number of rotatable bonds is 2. The molecule has 0 saturated heterocycles. The van der Waals surface area contributed by atoms with Gasteiger partial charge in [-0.05, 0) is 6.07 Å². The summed E-state index contributed by atoms with van der Waals surface area (Å²) in [6.45, 7) is 4.69. The molecular formula is C17H14F3N3O4. The van der Waals surface area contributed by atoms with Crippen molar-refractivity contribution in [3.05, 3.63) is 34.4 Å². The monoisotopic (exact) mass is 381 g/mol. The van der Waals surface area contributed by atoms with Crippen LogP contribution in [-0.4, -0.2) is 28.3 Å². The highest BCUT2D eigenvalue weighted by atomic mass is 19.3. The van der Waals surface area contributed by atoms with Crippen LogP contribution in [0.25, 0.3) is 5.69 Å². The van der Waals surface area contributed by atoms with E-state index in [0.29, 0.717) is 15.6 Å². The van der Waals surface area contributed by atoms with Crippen LogP contribution in [0.2, 0.25) is 0 Å². The Hall–Kier alpha value is -3.22. The first-order valence-electron chi connectivity index (χ1n) is 7.72. The first kappa shape index (κ1) is 18.6. The number of ether oxygens (including phenoxy) is 1. The molecule has 3 rings (SSSR count). The number of carbonyl (C=O) groups excluding carboxylic acids is 1. The molecule has 142 valence electrons. The van der Waals surface area contributed by atoms with Gasteiger partial charge in [-0.1, -0.05) is 26.7 Å². The van der Waals surface area contributed by atoms with Crippen molar-refractivity contribution in [3.8, 4) is 23.8 Å². The maximum absolute atomic E-state index is 14.5. The van der Waals surface area contributed by atoms with Crippen LogP contribution < -0.4 is 15.4 Å². The van der Waals surface area contributed by atoms with E-state index in [1.165, 1.54) is 0 Å². The number of nitrogens with zero attached hydrogens (tertiary/aromatic N) is 3. The number of amides is 1. The lowest BCUT2D eigenvalue weighted by Crippen LogP contribution is -2.51. The van der Waals surface area contributed by atoms with E-state index in [0.717, 1.165) is 6.07 Å². The van der Waals surface area contributed by atoms with Gasteiger partial charge >= 0.3 is 17.8 Å². The van der Waals surface area contributed by atoms with Gasteiger partial charge in [0.25, 0.3) is 0 Å². The number of aromatic nitrogens is 2. The minimum absolute atomic E-state index is 0.0453. The minimum atomic E-state index is -4.19. The van der Waals surface area contributed by atoms with Crippen LogP contribution in [0.5, 0.6) is 5.75 Å². The smallest absolute Gasteiger partial charge is 0.423 e. The van der Waals surface area contributed by atoms with Gasteiger partial charge in [-0.2, -0.15) is 13.5 Å². The lowest BCUT2D eigenvalue weighted by atomic mass is 9.97. The summed E-state index contributed by atoms with van der Waals surface area (Å²) in [6, 6.07) is 1.61. The third kappa shape index (κ3) is 3.05. The van der Waals surface area contributed by atoms with Gasteiger partial charge in [0, 0.05) is 11.5 Å². The Morgan fingerprint density at radius 3 is 2.48 bits per heavy atom. The van der Waals surface area contributed by atoms with Crippen molar-refractivity contribution in [2.45, 2.75) is 32.3 Å². The lowest BCUT2D eigenvalue weighted by molar-refractivity contribution is -0.192. The van der Waals surface area contributed by atoms with E-state index in [1.54, 1.807) is 20.8 Å². The van der Waals surface area contributed by atoms with Crippen molar-refractivity contribution >= 4 is 11.6 Å². The molecule has 0 aliphatic carbocycles. The molecule has 1 aliphatic rings. The first-order valence-corrected chi connectivity index (χ1v) is 7.72. The summed E-state index contributed by atoms with van der Waals surface area (Å²) in [7, 11) is 0. The Bertz CT molecular complexity index is 1030. The summed E-state index contributed by atoms with van der Waals surface area (Å²) >= 11 is 0. The SMILES string of the molecule is C#CCN1C(=O)C(F)(F)Oc2cc(F)c(-n3nc(C(C)(C)C)oc3=O)cc21. The lowest BCUT2D eigenvalue weighted by Gasteiger charge is -2.32. The van der Waals surface area contributed by atoms with E-state index in [2.05, 4.69) is 15.8 Å². The average molecular weight is 381 g/mol. The van der Waals surface area contributed by atoms with Crippen molar-refractivity contribution in [1.82, 2.24) is 9.78 Å². The summed E-state index contributed by atoms with van der Waals surface area (Å²) in [4.78, 5) is 24.5. The van der Waals surface area contributed by atoms with Gasteiger partial charge in [0.2, 0.25) is 5.89 Å². The Balaban J connectivity index is 2.20. The van der Waals surface area contributed by atoms with Crippen molar-refractivity contribution < 1.29 is 27.1 Å². The van der Waals surface area contributed by atoms with Crippen LogP contribution in [-0.2, 0) is 10.2 Å². The second-order valence-corrected chi connectivity index (χ2v) is 6.82. The summed E-state index contributed by atoms with van der Waals surface area (Å²) in [5.41, 5.74) is -1.25. The Morgan fingerprint density at radius 1 is 1.26 bits per heavy atom. The molecule has 1 aliphatic heterocycles. The highest BCUT2D eigenvalue weighted by Crippen LogP contribution is 2.41. The van der Waals surface area contributed by atoms with E-state index in [9.17, 15) is 22.8 Å². The van der Waals surface area contributed by atoms with E-state index < -0.39 is 47.0 Å². The molecular weight excluding hydrogens is 367 g/mol. The highest BCUT2D eigenvalue weighted by Gasteiger charge is 2.50. The van der Waals surface area contributed by atoms with Crippen LogP contribution in [0.4, 0.5) is 18.9 Å². The number of hydrogen-bond donors (Lipinski definition) is 0. The molecule has 0 N–H and O–H groups in total. The number of benzene rings is 1. The summed E-state index contributed by atoms with van der Waals surface area (Å²) in [5, 5.41) is 3.94. The third-order valence-corrected chi connectivity index (χ3v) is 3.72. The second-order valence-electron chi connectivity index (χ2n) is 6.82. The topological polar surface area (TPSA) is 77.6 Å². The van der Waals surface area contributed by atoms with E-state index in [4.69, 9.17) is 10.8 Å². The largest absolute Gasteiger partial charge is 0.483 e. The highest BCUT2D eigenvalue weighted by molar-refractivity contribution is 6.01. The van der Waals surface area contributed by atoms with Crippen LogP contribution in [0.15, 0.2) is 21.3 Å². The summed E-state index contributed by atoms with van der Waals surface area (Å²) in [5.74, 6) is -2.22. The zero-order valence-corrected chi connectivity index (χ0v) is 14.5. The first-order chi connectivity index (χ1) is 12.5. The molecule has 1 aromatic heterocycles. The van der Waals surface area contributed by atoms with Gasteiger partial charge in [-0.15, -0.1) is 11.5 Å². The van der Waals surface area contributed by atoms with E-state index >= 15 is 0 Å². The number of terminal acetylenes is 1. The second kappa shape index (κ2) is 5.90. The van der Waals surface area contributed by atoms with Crippen molar-refractivity contribution in [2.24, 2.45) is 0 Å². The summed E-state index contributed by atoms with van der Waals surface area (Å²) in [6.07, 6.45) is 0.943. The fourth-order valence-electron chi connectivity index (χ4n) is 2.42. The number of halogens is 3. The number of alkyl halides is 2. The molecule has 7 nitrogen and oxygen atoms in total. The van der Waals surface area contributed by atoms with Crippen LogP contribution in [0.3, 0.4) is 0 Å². The molecule has 0 bridgehead atoms. The standard InChI is InChI=1S/C17H14F3N3O4/c1-5-6-22-11-8-10(23-15(25)26-13(21-23)16(2,3)4)9(18)7-12(11)27-17(19,20)14(22)24/h1,7-8H,6H2,2-4H3. The van der Waals surface area contributed by atoms with Crippen LogP contribution in [0.1, 0.15) is 26.7 Å². The molecule has 0 atom stereocenters. The Morgan fingerprint density at radius 2 is 1.93 bits per heavy atom. The van der Waals surface area contributed by atoms with Gasteiger partial charge in [0.15, 0.2) is 11.6 Å². The van der Waals surface area contributed by atoms with Crippen molar-refractivity contribution in [2.75, 3.05) is 11.4 Å². The summed E-state index contributed by atoms with van der Waals surface area (Å²) < 4.78 is 51.9. The normalized spacial score (nSPS) is 15.9. The zero-order valence-electron chi connectivity index (χ0n) is 14.5. The third-order valence-electron chi connectivity index (χ3n) is 3.72. The number of hydrogen-bond acceptors (Lipinski definition) is 5. The zero-order chi connectivity index (χ0) is 20.1. The molecule has 27 heavy (non-hydrogen) atoms. The molecule has 0 fully saturated rings. The number of carbonyl (C=O) groups is 1. The molecule has 2 heterocycles. The van der Waals surface area contributed by atoms with Crippen LogP contribution in [0, 0.1) is 18.2 Å². The molecule has 0 spiro atoms. The molecule has 0 radical (unpaired) electrons. The molecule has 1 aromatic carbocycles. The van der Waals surface area contributed by atoms with Gasteiger partial charge in [0.1, 0.15) is 5.69 Å². The van der Waals surface area contributed by atoms with Gasteiger partial charge in [-0.25, -0.2) is 9.18 Å². The quantitative estimate of drug-likeness (QED) is 0.746. The predicted octanol–water partition coefficient (Wildman–Crippen LogP) is 2.21. The van der Waals surface area contributed by atoms with Crippen LogP contribution >= 0.6 is 0 Å². The van der Waals surface area contributed by atoms with Crippen molar-refractivity contribution in [1.29, 1.82) is 0 Å². The molecule has 2 aromatic rings. The van der Waals surface area contributed by atoms with E-state index in [-0.39, 0.29) is 11.6 Å². The van der Waals surface area contributed by atoms with E-state index in [1.807, 2.05) is 0 Å². The maximum Gasteiger partial charge on any atom is 0.483 e. The average Bonchev–Trinajstić information content (AvgIpc) is 2.93. The number of anilines is 1. The Labute approximate surface area is 151 Å². The minimum Gasteiger partial charge on any atom is -0.423 e. The number of fused-ring (bicyclic) bond motifs is 1. The molecule has 1 amide bonds. The predicted molar refractivity (Wildman–Crippen MR) is 87.5 cm³/mol. The maximum atomic E-state index is 14.5. The molecule has 10 heteroatoms. The van der Waals surface area contributed by atoms with Gasteiger partial charge in [-0.3, -0.25) is 9.69 Å². The molecule has 0 unspecified atom stereocenters. The van der Waals surface area contributed by atoms with Gasteiger partial charge < -0.3 is 9.15 Å².